The second kappa shape index (κ2) is 5.71. The Morgan fingerprint density at radius 1 is 1.32 bits per heavy atom. The number of hydrogen-bond acceptors (Lipinski definition) is 3. The molecule has 8 heteroatoms. The highest BCUT2D eigenvalue weighted by Crippen LogP contribution is 2.31. The Morgan fingerprint density at radius 2 is 2.00 bits per heavy atom. The first-order valence-electron chi connectivity index (χ1n) is 5.44. The average Bonchev–Trinajstić information content (AvgIpc) is 2.61. The fraction of sp³-hybridized carbons (Fsp3) is 0.364. The van der Waals surface area contributed by atoms with E-state index in [1.54, 1.807) is 4.90 Å². The van der Waals surface area contributed by atoms with Crippen LogP contribution in [0.15, 0.2) is 27.1 Å². The fourth-order valence-electron chi connectivity index (χ4n) is 2.08. The molecule has 1 aromatic carbocycles. The van der Waals surface area contributed by atoms with Crippen molar-refractivity contribution in [1.29, 1.82) is 0 Å². The Bertz CT molecular complexity index is 620. The van der Waals surface area contributed by atoms with Gasteiger partial charge in [0.25, 0.3) is 0 Å². The lowest BCUT2D eigenvalue weighted by Gasteiger charge is -2.17. The first kappa shape index (κ1) is 15.3. The van der Waals surface area contributed by atoms with Crippen molar-refractivity contribution in [3.8, 4) is 0 Å². The Balaban J connectivity index is 2.18. The largest absolute Gasteiger partial charge is 0.312 e. The van der Waals surface area contributed by atoms with Crippen molar-refractivity contribution >= 4 is 63.2 Å². The van der Waals surface area contributed by atoms with Crippen molar-refractivity contribution in [3.05, 3.63) is 27.1 Å². The van der Waals surface area contributed by atoms with Crippen LogP contribution in [0, 0.1) is 5.92 Å². The van der Waals surface area contributed by atoms with Crippen LogP contribution in [0.25, 0.3) is 0 Å². The van der Waals surface area contributed by atoms with Gasteiger partial charge in [-0.3, -0.25) is 4.79 Å². The zero-order valence-electron chi connectivity index (χ0n) is 9.64. The normalized spacial score (nSPS) is 20.1. The lowest BCUT2D eigenvalue weighted by atomic mass is 10.1. The van der Waals surface area contributed by atoms with Gasteiger partial charge in [-0.2, -0.15) is 0 Å². The third kappa shape index (κ3) is 3.93. The summed E-state index contributed by atoms with van der Waals surface area (Å²) in [7, 11) is 1.65. The van der Waals surface area contributed by atoms with Crippen LogP contribution in [0.2, 0.25) is 0 Å². The number of carbonyl (C=O) groups is 1. The molecule has 0 spiro atoms. The molecule has 0 radical (unpaired) electrons. The van der Waals surface area contributed by atoms with Gasteiger partial charge in [-0.1, -0.05) is 0 Å². The minimum atomic E-state index is -3.57. The summed E-state index contributed by atoms with van der Waals surface area (Å²) in [6.07, 6.45) is 0.208. The van der Waals surface area contributed by atoms with Gasteiger partial charge in [0.05, 0.1) is 5.75 Å². The van der Waals surface area contributed by atoms with E-state index in [0.717, 1.165) is 14.6 Å². The molecule has 1 aliphatic heterocycles. The van der Waals surface area contributed by atoms with Gasteiger partial charge >= 0.3 is 0 Å². The molecular weight excluding hydrogens is 421 g/mol. The highest BCUT2D eigenvalue weighted by Gasteiger charge is 2.33. The van der Waals surface area contributed by atoms with Crippen LogP contribution in [-0.2, 0) is 13.8 Å². The van der Waals surface area contributed by atoms with E-state index >= 15 is 0 Å². The van der Waals surface area contributed by atoms with Gasteiger partial charge in [0, 0.05) is 44.2 Å². The van der Waals surface area contributed by atoms with Gasteiger partial charge in [-0.25, -0.2) is 8.42 Å². The summed E-state index contributed by atoms with van der Waals surface area (Å²) in [5, 5.41) is 0. The van der Waals surface area contributed by atoms with E-state index in [-0.39, 0.29) is 24.0 Å². The van der Waals surface area contributed by atoms with Gasteiger partial charge in [-0.15, -0.1) is 0 Å². The second-order valence-corrected chi connectivity index (χ2v) is 8.91. The minimum absolute atomic E-state index is 0.0838. The van der Waals surface area contributed by atoms with Gasteiger partial charge in [0.2, 0.25) is 15.0 Å². The summed E-state index contributed by atoms with van der Waals surface area (Å²) in [5.74, 6) is -0.508. The first-order valence-corrected chi connectivity index (χ1v) is 9.50. The zero-order valence-corrected chi connectivity index (χ0v) is 14.4. The molecule has 19 heavy (non-hydrogen) atoms. The predicted molar refractivity (Wildman–Crippen MR) is 81.9 cm³/mol. The summed E-state index contributed by atoms with van der Waals surface area (Å²) in [6.45, 7) is 0.374. The second-order valence-electron chi connectivity index (χ2n) is 4.38. The maximum absolute atomic E-state index is 11.9. The van der Waals surface area contributed by atoms with Gasteiger partial charge < -0.3 is 4.90 Å². The summed E-state index contributed by atoms with van der Waals surface area (Å²) in [5.41, 5.74) is 0.745. The Morgan fingerprint density at radius 3 is 2.58 bits per heavy atom. The predicted octanol–water partition coefficient (Wildman–Crippen LogP) is 3.13. The van der Waals surface area contributed by atoms with Crippen LogP contribution in [0.1, 0.15) is 6.42 Å². The molecule has 104 valence electrons. The molecule has 1 saturated heterocycles. The smallest absolute Gasteiger partial charge is 0.232 e. The summed E-state index contributed by atoms with van der Waals surface area (Å²) in [6, 6.07) is 5.46. The Kier molecular flexibility index (Phi) is 4.59. The lowest BCUT2D eigenvalue weighted by Crippen LogP contribution is -2.25. The number of halogens is 3. The average molecular weight is 432 g/mol. The van der Waals surface area contributed by atoms with Crippen molar-refractivity contribution in [3.63, 3.8) is 0 Å². The number of nitrogens with zero attached hydrogens (tertiary/aromatic N) is 1. The van der Waals surface area contributed by atoms with E-state index < -0.39 is 9.05 Å². The molecule has 0 bridgehead atoms. The standard InChI is InChI=1S/C11H10Br2ClNO3S/c12-9-2-1-8(4-10(9)13)15-5-7(3-11(15)16)6-19(14,17)18/h1-2,4,7H,3,5-6H2. The molecule has 0 N–H and O–H groups in total. The van der Waals surface area contributed by atoms with E-state index in [1.165, 1.54) is 0 Å². The molecule has 0 aliphatic carbocycles. The topological polar surface area (TPSA) is 54.5 Å². The van der Waals surface area contributed by atoms with E-state index in [2.05, 4.69) is 31.9 Å². The maximum Gasteiger partial charge on any atom is 0.232 e. The van der Waals surface area contributed by atoms with Gasteiger partial charge in [-0.05, 0) is 50.1 Å². The molecule has 1 atom stereocenters. The number of carbonyl (C=O) groups excluding carboxylic acids is 1. The molecular formula is C11H10Br2ClNO3S. The number of benzene rings is 1. The van der Waals surface area contributed by atoms with Crippen molar-refractivity contribution in [1.82, 2.24) is 0 Å². The molecule has 0 saturated carbocycles. The fourth-order valence-corrected chi connectivity index (χ4v) is 4.01. The molecule has 1 amide bonds. The van der Waals surface area contributed by atoms with Crippen LogP contribution in [0.5, 0.6) is 0 Å². The molecule has 4 nitrogen and oxygen atoms in total. The Labute approximate surface area is 132 Å². The van der Waals surface area contributed by atoms with Crippen molar-refractivity contribution < 1.29 is 13.2 Å². The van der Waals surface area contributed by atoms with Crippen molar-refractivity contribution in [2.45, 2.75) is 6.42 Å². The van der Waals surface area contributed by atoms with Crippen LogP contribution < -0.4 is 4.90 Å². The molecule has 1 aromatic rings. The molecule has 0 aromatic heterocycles. The highest BCUT2D eigenvalue weighted by atomic mass is 79.9. The third-order valence-electron chi connectivity index (χ3n) is 2.85. The monoisotopic (exact) mass is 429 g/mol. The Hall–Kier alpha value is -0.110. The quantitative estimate of drug-likeness (QED) is 0.691. The lowest BCUT2D eigenvalue weighted by molar-refractivity contribution is -0.117. The maximum atomic E-state index is 11.9. The molecule has 2 rings (SSSR count). The van der Waals surface area contributed by atoms with Crippen LogP contribution in [0.4, 0.5) is 5.69 Å². The van der Waals surface area contributed by atoms with E-state index in [9.17, 15) is 13.2 Å². The minimum Gasteiger partial charge on any atom is -0.312 e. The van der Waals surface area contributed by atoms with E-state index in [0.29, 0.717) is 6.54 Å². The van der Waals surface area contributed by atoms with Crippen LogP contribution >= 0.6 is 42.5 Å². The molecule has 1 aliphatic rings. The third-order valence-corrected chi connectivity index (χ3v) is 5.98. The summed E-state index contributed by atoms with van der Waals surface area (Å²) in [4.78, 5) is 13.5. The molecule has 1 heterocycles. The highest BCUT2D eigenvalue weighted by molar-refractivity contribution is 9.13. The summed E-state index contributed by atoms with van der Waals surface area (Å²) < 4.78 is 23.8. The van der Waals surface area contributed by atoms with Crippen molar-refractivity contribution in [2.75, 3.05) is 17.2 Å². The molecule has 1 fully saturated rings. The number of rotatable bonds is 3. The van der Waals surface area contributed by atoms with E-state index in [1.807, 2.05) is 18.2 Å². The first-order chi connectivity index (χ1) is 8.76. The van der Waals surface area contributed by atoms with Crippen LogP contribution in [-0.4, -0.2) is 26.6 Å². The van der Waals surface area contributed by atoms with Gasteiger partial charge in [0.1, 0.15) is 0 Å². The summed E-state index contributed by atoms with van der Waals surface area (Å²) >= 11 is 6.73. The molecule has 1 unspecified atom stereocenters. The van der Waals surface area contributed by atoms with Gasteiger partial charge in [0.15, 0.2) is 0 Å². The van der Waals surface area contributed by atoms with E-state index in [4.69, 9.17) is 10.7 Å². The number of anilines is 1. The number of amides is 1. The van der Waals surface area contributed by atoms with Crippen molar-refractivity contribution in [2.24, 2.45) is 5.92 Å². The SMILES string of the molecule is O=C1CC(CS(=O)(=O)Cl)CN1c1ccc(Br)c(Br)c1. The number of hydrogen-bond donors (Lipinski definition) is 0. The zero-order chi connectivity index (χ0) is 14.2. The van der Waals surface area contributed by atoms with Crippen LogP contribution in [0.3, 0.4) is 0 Å².